The van der Waals surface area contributed by atoms with E-state index in [4.69, 9.17) is 4.74 Å². The van der Waals surface area contributed by atoms with Gasteiger partial charge in [-0.2, -0.15) is 0 Å². The van der Waals surface area contributed by atoms with Gasteiger partial charge in [-0.3, -0.25) is 5.32 Å². The molecule has 0 fully saturated rings. The maximum Gasteiger partial charge on any atom is 0.412 e. The molecule has 6 heteroatoms. The van der Waals surface area contributed by atoms with E-state index >= 15 is 0 Å². The summed E-state index contributed by atoms with van der Waals surface area (Å²) in [7, 11) is 0. The Morgan fingerprint density at radius 1 is 1.64 bits per heavy atom. The van der Waals surface area contributed by atoms with Gasteiger partial charge in [-0.15, -0.1) is 10.2 Å². The van der Waals surface area contributed by atoms with E-state index in [0.717, 1.165) is 12.8 Å². The molecule has 0 aliphatic heterocycles. The monoisotopic (exact) mass is 196 g/mol. The molecule has 0 saturated carbocycles. The number of hydrogen-bond acceptors (Lipinski definition) is 5. The minimum absolute atomic E-state index is 0.335. The summed E-state index contributed by atoms with van der Waals surface area (Å²) in [4.78, 5) is 11.1. The van der Waals surface area contributed by atoms with Crippen molar-refractivity contribution >= 4 is 11.9 Å². The molecular weight excluding hydrogens is 184 g/mol. The third-order valence-corrected chi connectivity index (χ3v) is 1.46. The van der Waals surface area contributed by atoms with E-state index in [0.29, 0.717) is 12.4 Å². The summed E-state index contributed by atoms with van der Waals surface area (Å²) in [5.74, 6) is 0.335. The van der Waals surface area contributed by atoms with Crippen molar-refractivity contribution in [2.24, 2.45) is 0 Å². The Morgan fingerprint density at radius 2 is 2.50 bits per heavy atom. The van der Waals surface area contributed by atoms with Gasteiger partial charge in [0.25, 0.3) is 0 Å². The highest BCUT2D eigenvalue weighted by atomic mass is 16.5. The lowest BCUT2D eigenvalue weighted by Gasteiger charge is -2.03. The molecule has 0 bridgehead atoms. The summed E-state index contributed by atoms with van der Waals surface area (Å²) in [6, 6.07) is 1.54. The van der Waals surface area contributed by atoms with Crippen LogP contribution in [0.3, 0.4) is 0 Å². The molecule has 1 N–H and O–H groups in total. The molecular formula is C8H12N4O2. The molecule has 0 aliphatic carbocycles. The first-order valence-electron chi connectivity index (χ1n) is 4.41. The van der Waals surface area contributed by atoms with E-state index in [-0.39, 0.29) is 0 Å². The van der Waals surface area contributed by atoms with E-state index in [1.165, 1.54) is 12.3 Å². The van der Waals surface area contributed by atoms with Crippen molar-refractivity contribution in [3.63, 3.8) is 0 Å². The minimum atomic E-state index is -0.515. The highest BCUT2D eigenvalue weighted by molar-refractivity contribution is 5.82. The van der Waals surface area contributed by atoms with Crippen molar-refractivity contribution in [3.8, 4) is 0 Å². The fourth-order valence-electron chi connectivity index (χ4n) is 0.758. The maximum atomic E-state index is 11.1. The van der Waals surface area contributed by atoms with Crippen LogP contribution in [0.4, 0.5) is 10.6 Å². The molecule has 1 aromatic heterocycles. The van der Waals surface area contributed by atoms with Crippen LogP contribution in [0.1, 0.15) is 19.8 Å². The van der Waals surface area contributed by atoms with Crippen LogP contribution in [0.25, 0.3) is 0 Å². The Balaban J connectivity index is 2.27. The Kier molecular flexibility index (Phi) is 4.33. The number of carbonyl (C=O) groups is 1. The zero-order valence-electron chi connectivity index (χ0n) is 7.93. The van der Waals surface area contributed by atoms with Crippen LogP contribution in [0, 0.1) is 0 Å². The van der Waals surface area contributed by atoms with Gasteiger partial charge < -0.3 is 4.74 Å². The first kappa shape index (κ1) is 10.4. The number of ether oxygens (including phenoxy) is 1. The van der Waals surface area contributed by atoms with E-state index < -0.39 is 6.09 Å². The number of carbonyl (C=O) groups excluding carboxylic acids is 1. The number of aromatic nitrogens is 3. The van der Waals surface area contributed by atoms with Gasteiger partial charge in [-0.05, 0) is 11.6 Å². The zero-order valence-corrected chi connectivity index (χ0v) is 7.93. The van der Waals surface area contributed by atoms with Crippen LogP contribution in [-0.4, -0.2) is 28.1 Å². The number of amides is 1. The normalized spacial score (nSPS) is 9.50. The summed E-state index contributed by atoms with van der Waals surface area (Å²) in [6.45, 7) is 2.44. The smallest absolute Gasteiger partial charge is 0.412 e. The topological polar surface area (TPSA) is 77.0 Å². The van der Waals surface area contributed by atoms with Gasteiger partial charge in [0, 0.05) is 6.07 Å². The Bertz CT molecular complexity index is 278. The Morgan fingerprint density at radius 3 is 3.14 bits per heavy atom. The van der Waals surface area contributed by atoms with Crippen LogP contribution >= 0.6 is 0 Å². The molecule has 0 aliphatic rings. The quantitative estimate of drug-likeness (QED) is 0.732. The van der Waals surface area contributed by atoms with Gasteiger partial charge in [0.05, 0.1) is 12.8 Å². The number of rotatable bonds is 4. The second-order valence-corrected chi connectivity index (χ2v) is 2.62. The van der Waals surface area contributed by atoms with Gasteiger partial charge in [0.2, 0.25) is 0 Å². The SMILES string of the molecule is CCCCOC(=O)Nc1ccnnn1. The highest BCUT2D eigenvalue weighted by Crippen LogP contribution is 1.98. The highest BCUT2D eigenvalue weighted by Gasteiger charge is 2.02. The first-order chi connectivity index (χ1) is 6.83. The van der Waals surface area contributed by atoms with Crippen LogP contribution in [-0.2, 0) is 4.74 Å². The van der Waals surface area contributed by atoms with Crippen molar-refractivity contribution < 1.29 is 9.53 Å². The average Bonchev–Trinajstić information content (AvgIpc) is 2.20. The van der Waals surface area contributed by atoms with Gasteiger partial charge in [-0.25, -0.2) is 4.79 Å². The van der Waals surface area contributed by atoms with E-state index in [1.54, 1.807) is 0 Å². The van der Waals surface area contributed by atoms with Crippen LogP contribution in [0.2, 0.25) is 0 Å². The molecule has 6 nitrogen and oxygen atoms in total. The largest absolute Gasteiger partial charge is 0.449 e. The number of nitrogens with zero attached hydrogens (tertiary/aromatic N) is 3. The van der Waals surface area contributed by atoms with E-state index in [2.05, 4.69) is 20.7 Å². The minimum Gasteiger partial charge on any atom is -0.449 e. The molecule has 1 heterocycles. The first-order valence-corrected chi connectivity index (χ1v) is 4.41. The summed E-state index contributed by atoms with van der Waals surface area (Å²) >= 11 is 0. The lowest BCUT2D eigenvalue weighted by molar-refractivity contribution is 0.159. The standard InChI is InChI=1S/C8H12N4O2/c1-2-3-6-14-8(13)10-7-4-5-9-12-11-7/h4-5H,2-3,6H2,1H3,(H,9,10,11,13). The van der Waals surface area contributed by atoms with Crippen molar-refractivity contribution in [2.45, 2.75) is 19.8 Å². The number of unbranched alkanes of at least 4 members (excludes halogenated alkanes) is 1. The molecule has 0 aromatic carbocycles. The molecule has 1 amide bonds. The third-order valence-electron chi connectivity index (χ3n) is 1.46. The average molecular weight is 196 g/mol. The van der Waals surface area contributed by atoms with Crippen molar-refractivity contribution in [1.29, 1.82) is 0 Å². The Labute approximate surface area is 81.7 Å². The molecule has 14 heavy (non-hydrogen) atoms. The molecule has 0 radical (unpaired) electrons. The Hall–Kier alpha value is -1.72. The van der Waals surface area contributed by atoms with Crippen LogP contribution in [0.15, 0.2) is 12.3 Å². The predicted molar refractivity (Wildman–Crippen MR) is 49.7 cm³/mol. The fourth-order valence-corrected chi connectivity index (χ4v) is 0.758. The van der Waals surface area contributed by atoms with Gasteiger partial charge in [0.15, 0.2) is 5.82 Å². The maximum absolute atomic E-state index is 11.1. The van der Waals surface area contributed by atoms with Gasteiger partial charge in [-0.1, -0.05) is 13.3 Å². The second kappa shape index (κ2) is 5.85. The predicted octanol–water partition coefficient (Wildman–Crippen LogP) is 1.22. The molecule has 1 aromatic rings. The summed E-state index contributed by atoms with van der Waals surface area (Å²) in [5, 5.41) is 12.8. The third kappa shape index (κ3) is 3.79. The fraction of sp³-hybridized carbons (Fsp3) is 0.500. The number of nitrogens with one attached hydrogen (secondary N) is 1. The van der Waals surface area contributed by atoms with Gasteiger partial charge >= 0.3 is 6.09 Å². The van der Waals surface area contributed by atoms with Crippen molar-refractivity contribution in [2.75, 3.05) is 11.9 Å². The molecule has 0 atom stereocenters. The summed E-state index contributed by atoms with van der Waals surface area (Å²) in [6.07, 6.45) is 2.77. The lowest BCUT2D eigenvalue weighted by Crippen LogP contribution is -2.15. The van der Waals surface area contributed by atoms with E-state index in [9.17, 15) is 4.79 Å². The number of anilines is 1. The van der Waals surface area contributed by atoms with Gasteiger partial charge in [0.1, 0.15) is 0 Å². The number of hydrogen-bond donors (Lipinski definition) is 1. The molecule has 0 saturated heterocycles. The second-order valence-electron chi connectivity index (χ2n) is 2.62. The molecule has 0 unspecified atom stereocenters. The van der Waals surface area contributed by atoms with Crippen molar-refractivity contribution in [3.05, 3.63) is 12.3 Å². The molecule has 1 rings (SSSR count). The lowest BCUT2D eigenvalue weighted by atomic mass is 10.4. The molecule has 0 spiro atoms. The zero-order chi connectivity index (χ0) is 10.2. The van der Waals surface area contributed by atoms with Crippen LogP contribution < -0.4 is 5.32 Å². The van der Waals surface area contributed by atoms with Crippen molar-refractivity contribution in [1.82, 2.24) is 15.4 Å². The van der Waals surface area contributed by atoms with Crippen LogP contribution in [0.5, 0.6) is 0 Å². The van der Waals surface area contributed by atoms with E-state index in [1.807, 2.05) is 6.92 Å². The summed E-state index contributed by atoms with van der Waals surface area (Å²) in [5.41, 5.74) is 0. The summed E-state index contributed by atoms with van der Waals surface area (Å²) < 4.78 is 4.85. The molecule has 76 valence electrons.